The first-order chi connectivity index (χ1) is 15.3. The lowest BCUT2D eigenvalue weighted by Gasteiger charge is -2.23. The molecule has 0 aliphatic carbocycles. The number of carbonyl (C=O) groups is 1. The molecule has 1 amide bonds. The molecule has 1 fully saturated rings. The van der Waals surface area contributed by atoms with Gasteiger partial charge in [-0.1, -0.05) is 42.5 Å². The van der Waals surface area contributed by atoms with Crippen molar-refractivity contribution in [3.8, 4) is 5.75 Å². The zero-order valence-corrected chi connectivity index (χ0v) is 19.8. The highest BCUT2D eigenvalue weighted by molar-refractivity contribution is 5.80. The molecule has 6 nitrogen and oxygen atoms in total. The van der Waals surface area contributed by atoms with Crippen LogP contribution in [-0.4, -0.2) is 35.5 Å². The Kier molecular flexibility index (Phi) is 8.14. The van der Waals surface area contributed by atoms with E-state index in [-0.39, 0.29) is 11.5 Å². The third-order valence-electron chi connectivity index (χ3n) is 5.14. The molecule has 2 aromatic rings. The average molecular weight is 437 g/mol. The Balaban J connectivity index is 1.63. The van der Waals surface area contributed by atoms with E-state index in [9.17, 15) is 4.79 Å². The molecule has 0 bridgehead atoms. The van der Waals surface area contributed by atoms with Crippen LogP contribution in [0.2, 0.25) is 0 Å². The number of likely N-dealkylation sites (tertiary alicyclic amines) is 1. The fourth-order valence-corrected chi connectivity index (χ4v) is 3.69. The van der Waals surface area contributed by atoms with Crippen molar-refractivity contribution in [2.24, 2.45) is 4.99 Å². The molecular weight excluding hydrogens is 400 g/mol. The van der Waals surface area contributed by atoms with E-state index in [1.165, 1.54) is 0 Å². The van der Waals surface area contributed by atoms with Gasteiger partial charge in [-0.3, -0.25) is 4.79 Å². The zero-order chi connectivity index (χ0) is 23.0. The van der Waals surface area contributed by atoms with E-state index in [1.54, 1.807) is 0 Å². The number of nitrogens with one attached hydrogen (secondary N) is 2. The minimum absolute atomic E-state index is 0.251. The predicted molar refractivity (Wildman–Crippen MR) is 130 cm³/mol. The summed E-state index contributed by atoms with van der Waals surface area (Å²) in [5, 5.41) is 6.73. The van der Waals surface area contributed by atoms with Crippen molar-refractivity contribution in [2.75, 3.05) is 13.1 Å². The maximum atomic E-state index is 11.9. The van der Waals surface area contributed by atoms with Gasteiger partial charge in [-0.05, 0) is 51.3 Å². The van der Waals surface area contributed by atoms with Crippen LogP contribution in [0.15, 0.2) is 53.5 Å². The van der Waals surface area contributed by atoms with E-state index in [0.717, 1.165) is 47.9 Å². The van der Waals surface area contributed by atoms with Crippen LogP contribution in [0.25, 0.3) is 0 Å². The van der Waals surface area contributed by atoms with Crippen molar-refractivity contribution in [3.05, 3.63) is 65.2 Å². The number of rotatable bonds is 8. The molecule has 0 radical (unpaired) electrons. The van der Waals surface area contributed by atoms with Gasteiger partial charge in [-0.25, -0.2) is 4.99 Å². The summed E-state index contributed by atoms with van der Waals surface area (Å²) in [4.78, 5) is 18.6. The Morgan fingerprint density at radius 1 is 1.09 bits per heavy atom. The number of guanidine groups is 1. The number of ether oxygens (including phenoxy) is 1. The number of hydrogen-bond acceptors (Lipinski definition) is 3. The van der Waals surface area contributed by atoms with Gasteiger partial charge in [0, 0.05) is 38.2 Å². The zero-order valence-electron chi connectivity index (χ0n) is 19.8. The van der Waals surface area contributed by atoms with Gasteiger partial charge in [0.15, 0.2) is 5.96 Å². The molecule has 6 heteroatoms. The minimum atomic E-state index is -0.251. The van der Waals surface area contributed by atoms with Crippen molar-refractivity contribution in [1.82, 2.24) is 15.5 Å². The van der Waals surface area contributed by atoms with Gasteiger partial charge in [0.1, 0.15) is 11.4 Å². The first-order valence-electron chi connectivity index (χ1n) is 11.5. The summed E-state index contributed by atoms with van der Waals surface area (Å²) in [5.41, 5.74) is 3.12. The average Bonchev–Trinajstić information content (AvgIpc) is 3.14. The molecule has 2 N–H and O–H groups in total. The monoisotopic (exact) mass is 436 g/mol. The van der Waals surface area contributed by atoms with Crippen LogP contribution in [0.4, 0.5) is 0 Å². The lowest BCUT2D eigenvalue weighted by atomic mass is 10.1. The Bertz CT molecular complexity index is 933. The van der Waals surface area contributed by atoms with E-state index >= 15 is 0 Å². The van der Waals surface area contributed by atoms with Crippen LogP contribution in [0.1, 0.15) is 57.2 Å². The Labute approximate surface area is 192 Å². The number of hydrogen-bond donors (Lipinski definition) is 2. The highest BCUT2D eigenvalue weighted by Gasteiger charge is 2.20. The maximum Gasteiger partial charge on any atom is 0.222 e. The number of aliphatic imine (C=N–C) groups is 1. The Morgan fingerprint density at radius 3 is 2.59 bits per heavy atom. The second kappa shape index (κ2) is 11.0. The highest BCUT2D eigenvalue weighted by atomic mass is 16.5. The van der Waals surface area contributed by atoms with E-state index in [4.69, 9.17) is 9.73 Å². The molecule has 1 saturated heterocycles. The van der Waals surface area contributed by atoms with Crippen LogP contribution in [0.3, 0.4) is 0 Å². The molecule has 0 unspecified atom stereocenters. The van der Waals surface area contributed by atoms with Crippen LogP contribution >= 0.6 is 0 Å². The van der Waals surface area contributed by atoms with Gasteiger partial charge in [-0.2, -0.15) is 0 Å². The van der Waals surface area contributed by atoms with Crippen molar-refractivity contribution in [3.63, 3.8) is 0 Å². The molecule has 172 valence electrons. The predicted octanol–water partition coefficient (Wildman–Crippen LogP) is 4.24. The van der Waals surface area contributed by atoms with Gasteiger partial charge < -0.3 is 20.3 Å². The van der Waals surface area contributed by atoms with Crippen LogP contribution in [0.5, 0.6) is 5.75 Å². The summed E-state index contributed by atoms with van der Waals surface area (Å²) in [7, 11) is 0. The van der Waals surface area contributed by atoms with Gasteiger partial charge in [0.2, 0.25) is 5.91 Å². The van der Waals surface area contributed by atoms with Crippen molar-refractivity contribution < 1.29 is 9.53 Å². The number of para-hydroxylation sites is 1. The summed E-state index contributed by atoms with van der Waals surface area (Å²) in [5.74, 6) is 1.90. The SMILES string of the molecule is CCNC(=NCc1cccc(CN2CCCC2=O)c1)NCc1ccccc1OC(C)(C)C. The molecule has 1 aliphatic rings. The summed E-state index contributed by atoms with van der Waals surface area (Å²) in [6.45, 7) is 11.7. The standard InChI is InChI=1S/C26H36N4O2/c1-5-27-25(29-18-22-12-6-7-13-23(22)32-26(2,3)4)28-17-20-10-8-11-21(16-20)19-30-15-9-14-24(30)31/h6-8,10-13,16H,5,9,14-15,17-19H2,1-4H3,(H2,27,28,29). The fourth-order valence-electron chi connectivity index (χ4n) is 3.69. The van der Waals surface area contributed by atoms with Crippen LogP contribution < -0.4 is 15.4 Å². The van der Waals surface area contributed by atoms with E-state index in [0.29, 0.717) is 26.1 Å². The second-order valence-electron chi connectivity index (χ2n) is 9.11. The molecule has 1 aliphatic heterocycles. The molecule has 0 aromatic heterocycles. The van der Waals surface area contributed by atoms with E-state index in [2.05, 4.69) is 62.6 Å². The van der Waals surface area contributed by atoms with Crippen LogP contribution in [0, 0.1) is 0 Å². The molecule has 0 saturated carbocycles. The van der Waals surface area contributed by atoms with Gasteiger partial charge in [0.25, 0.3) is 0 Å². The third kappa shape index (κ3) is 7.29. The Hall–Kier alpha value is -3.02. The lowest BCUT2D eigenvalue weighted by molar-refractivity contribution is -0.128. The number of carbonyl (C=O) groups excluding carboxylic acids is 1. The first-order valence-corrected chi connectivity index (χ1v) is 11.5. The molecule has 0 atom stereocenters. The summed E-state index contributed by atoms with van der Waals surface area (Å²) >= 11 is 0. The minimum Gasteiger partial charge on any atom is -0.488 e. The highest BCUT2D eigenvalue weighted by Crippen LogP contribution is 2.23. The molecule has 0 spiro atoms. The number of nitrogens with zero attached hydrogens (tertiary/aromatic N) is 2. The van der Waals surface area contributed by atoms with E-state index in [1.807, 2.05) is 29.2 Å². The van der Waals surface area contributed by atoms with Gasteiger partial charge >= 0.3 is 0 Å². The summed E-state index contributed by atoms with van der Waals surface area (Å²) in [6, 6.07) is 16.4. The van der Waals surface area contributed by atoms with Gasteiger partial charge in [0.05, 0.1) is 6.54 Å². The van der Waals surface area contributed by atoms with Crippen LogP contribution in [-0.2, 0) is 24.4 Å². The van der Waals surface area contributed by atoms with Crippen molar-refractivity contribution >= 4 is 11.9 Å². The fraction of sp³-hybridized carbons (Fsp3) is 0.462. The Morgan fingerprint density at radius 2 is 1.88 bits per heavy atom. The first kappa shape index (κ1) is 23.6. The molecule has 32 heavy (non-hydrogen) atoms. The summed E-state index contributed by atoms with van der Waals surface area (Å²) < 4.78 is 6.10. The quantitative estimate of drug-likeness (QED) is 0.480. The topological polar surface area (TPSA) is 66.0 Å². The number of amides is 1. The van der Waals surface area contributed by atoms with Crippen molar-refractivity contribution in [1.29, 1.82) is 0 Å². The molecule has 3 rings (SSSR count). The lowest BCUT2D eigenvalue weighted by Crippen LogP contribution is -2.37. The molecule has 2 aromatic carbocycles. The molecule has 1 heterocycles. The van der Waals surface area contributed by atoms with Crippen molar-refractivity contribution in [2.45, 2.75) is 65.8 Å². The largest absolute Gasteiger partial charge is 0.488 e. The van der Waals surface area contributed by atoms with Gasteiger partial charge in [-0.15, -0.1) is 0 Å². The molecular formula is C26H36N4O2. The number of benzene rings is 2. The maximum absolute atomic E-state index is 11.9. The second-order valence-corrected chi connectivity index (χ2v) is 9.11. The smallest absolute Gasteiger partial charge is 0.222 e. The summed E-state index contributed by atoms with van der Waals surface area (Å²) in [6.07, 6.45) is 1.63. The van der Waals surface area contributed by atoms with E-state index < -0.39 is 0 Å². The normalized spacial score (nSPS) is 14.6. The third-order valence-corrected chi connectivity index (χ3v) is 5.14.